The van der Waals surface area contributed by atoms with E-state index in [9.17, 15) is 9.59 Å². The first-order valence-corrected chi connectivity index (χ1v) is 7.95. The lowest BCUT2D eigenvalue weighted by Gasteiger charge is -2.26. The molecule has 2 amide bonds. The van der Waals surface area contributed by atoms with E-state index in [1.165, 1.54) is 0 Å². The summed E-state index contributed by atoms with van der Waals surface area (Å²) in [5.74, 6) is 0.0653. The van der Waals surface area contributed by atoms with Gasteiger partial charge in [0.1, 0.15) is 0 Å². The highest BCUT2D eigenvalue weighted by Crippen LogP contribution is 1.98. The van der Waals surface area contributed by atoms with E-state index in [2.05, 4.69) is 17.1 Å². The molecule has 0 aromatic rings. The number of nitrogens with one attached hydrogen (secondary N) is 1. The summed E-state index contributed by atoms with van der Waals surface area (Å²) in [6.07, 6.45) is 2.42. The van der Waals surface area contributed by atoms with Crippen molar-refractivity contribution in [2.24, 2.45) is 0 Å². The quantitative estimate of drug-likeness (QED) is 0.672. The Morgan fingerprint density at radius 2 is 1.95 bits per heavy atom. The van der Waals surface area contributed by atoms with Crippen LogP contribution < -0.4 is 5.32 Å². The SMILES string of the molecule is CCCCN(CCC(=O)NCCN1CCOCC1)C(C)=O. The average Bonchev–Trinajstić information content (AvgIpc) is 2.48. The molecule has 0 unspecified atom stereocenters. The van der Waals surface area contributed by atoms with Crippen LogP contribution in [0.4, 0.5) is 0 Å². The highest BCUT2D eigenvalue weighted by Gasteiger charge is 2.12. The highest BCUT2D eigenvalue weighted by atomic mass is 16.5. The van der Waals surface area contributed by atoms with Gasteiger partial charge in [0.15, 0.2) is 0 Å². The smallest absolute Gasteiger partial charge is 0.221 e. The second kappa shape index (κ2) is 10.6. The normalized spacial score (nSPS) is 15.7. The molecule has 0 radical (unpaired) electrons. The molecule has 0 aliphatic carbocycles. The van der Waals surface area contributed by atoms with Crippen LogP contribution in [0, 0.1) is 0 Å². The monoisotopic (exact) mass is 299 g/mol. The maximum atomic E-state index is 11.8. The largest absolute Gasteiger partial charge is 0.379 e. The number of rotatable bonds is 9. The van der Waals surface area contributed by atoms with Gasteiger partial charge in [0.25, 0.3) is 0 Å². The lowest BCUT2D eigenvalue weighted by Crippen LogP contribution is -2.42. The number of unbranched alkanes of at least 4 members (excludes halogenated alkanes) is 1. The van der Waals surface area contributed by atoms with Crippen molar-refractivity contribution in [1.82, 2.24) is 15.1 Å². The van der Waals surface area contributed by atoms with Gasteiger partial charge >= 0.3 is 0 Å². The van der Waals surface area contributed by atoms with E-state index in [1.807, 2.05) is 0 Å². The van der Waals surface area contributed by atoms with E-state index >= 15 is 0 Å². The Bertz CT molecular complexity index is 317. The predicted octanol–water partition coefficient (Wildman–Crippen LogP) is 0.474. The van der Waals surface area contributed by atoms with Crippen molar-refractivity contribution in [2.45, 2.75) is 33.1 Å². The second-order valence-corrected chi connectivity index (χ2v) is 5.41. The molecule has 1 N–H and O–H groups in total. The standard InChI is InChI=1S/C15H29N3O3/c1-3-4-7-18(14(2)19)8-5-15(20)16-6-9-17-10-12-21-13-11-17/h3-13H2,1-2H3,(H,16,20). The van der Waals surface area contributed by atoms with E-state index in [4.69, 9.17) is 4.74 Å². The van der Waals surface area contributed by atoms with Crippen LogP contribution in [0.5, 0.6) is 0 Å². The van der Waals surface area contributed by atoms with Crippen molar-refractivity contribution in [2.75, 3.05) is 52.5 Å². The zero-order chi connectivity index (χ0) is 15.5. The molecule has 21 heavy (non-hydrogen) atoms. The zero-order valence-corrected chi connectivity index (χ0v) is 13.4. The van der Waals surface area contributed by atoms with Gasteiger partial charge in [0.2, 0.25) is 11.8 Å². The van der Waals surface area contributed by atoms with Gasteiger partial charge in [-0.2, -0.15) is 0 Å². The van der Waals surface area contributed by atoms with Gasteiger partial charge in [-0.05, 0) is 6.42 Å². The van der Waals surface area contributed by atoms with Crippen LogP contribution in [0.15, 0.2) is 0 Å². The summed E-state index contributed by atoms with van der Waals surface area (Å²) in [6.45, 7) is 9.86. The van der Waals surface area contributed by atoms with Gasteiger partial charge in [-0.15, -0.1) is 0 Å². The van der Waals surface area contributed by atoms with Crippen molar-refractivity contribution in [3.63, 3.8) is 0 Å². The maximum Gasteiger partial charge on any atom is 0.221 e. The molecule has 6 nitrogen and oxygen atoms in total. The lowest BCUT2D eigenvalue weighted by molar-refractivity contribution is -0.129. The molecule has 1 fully saturated rings. The molecule has 0 bridgehead atoms. The number of hydrogen-bond acceptors (Lipinski definition) is 4. The van der Waals surface area contributed by atoms with Crippen molar-refractivity contribution >= 4 is 11.8 Å². The number of carbonyl (C=O) groups excluding carboxylic acids is 2. The van der Waals surface area contributed by atoms with Crippen LogP contribution in [0.2, 0.25) is 0 Å². The maximum absolute atomic E-state index is 11.8. The fraction of sp³-hybridized carbons (Fsp3) is 0.867. The molecular formula is C15H29N3O3. The van der Waals surface area contributed by atoms with Gasteiger partial charge < -0.3 is 15.0 Å². The minimum absolute atomic E-state index is 0.0195. The van der Waals surface area contributed by atoms with Crippen molar-refractivity contribution < 1.29 is 14.3 Å². The van der Waals surface area contributed by atoms with Crippen LogP contribution >= 0.6 is 0 Å². The summed E-state index contributed by atoms with van der Waals surface area (Å²) in [4.78, 5) is 27.3. The summed E-state index contributed by atoms with van der Waals surface area (Å²) in [5, 5.41) is 2.92. The van der Waals surface area contributed by atoms with Crippen molar-refractivity contribution in [3.8, 4) is 0 Å². The van der Waals surface area contributed by atoms with E-state index in [0.717, 1.165) is 52.2 Å². The van der Waals surface area contributed by atoms with Crippen LogP contribution in [-0.2, 0) is 14.3 Å². The number of ether oxygens (including phenoxy) is 1. The third-order valence-electron chi connectivity index (χ3n) is 3.69. The third kappa shape index (κ3) is 8.02. The predicted molar refractivity (Wildman–Crippen MR) is 82.0 cm³/mol. The number of morpholine rings is 1. The molecule has 0 aromatic heterocycles. The third-order valence-corrected chi connectivity index (χ3v) is 3.69. The molecule has 0 saturated carbocycles. The Kier molecular flexibility index (Phi) is 9.01. The van der Waals surface area contributed by atoms with E-state index in [-0.39, 0.29) is 11.8 Å². The molecule has 0 spiro atoms. The lowest BCUT2D eigenvalue weighted by atomic mass is 10.3. The van der Waals surface area contributed by atoms with Crippen molar-refractivity contribution in [1.29, 1.82) is 0 Å². The summed E-state index contributed by atoms with van der Waals surface area (Å²) in [5.41, 5.74) is 0. The van der Waals surface area contributed by atoms with Gasteiger partial charge in [-0.1, -0.05) is 13.3 Å². The zero-order valence-electron chi connectivity index (χ0n) is 13.4. The molecule has 6 heteroatoms. The van der Waals surface area contributed by atoms with Crippen molar-refractivity contribution in [3.05, 3.63) is 0 Å². The minimum atomic E-state index is 0.0195. The summed E-state index contributed by atoms with van der Waals surface area (Å²) < 4.78 is 5.28. The Labute approximate surface area is 127 Å². The number of hydrogen-bond donors (Lipinski definition) is 1. The number of nitrogens with zero attached hydrogens (tertiary/aromatic N) is 2. The van der Waals surface area contributed by atoms with E-state index in [1.54, 1.807) is 11.8 Å². The Hall–Kier alpha value is -1.14. The van der Waals surface area contributed by atoms with Crippen LogP contribution in [0.25, 0.3) is 0 Å². The molecule has 1 saturated heterocycles. The first-order valence-electron chi connectivity index (χ1n) is 7.95. The Balaban J connectivity index is 2.12. The van der Waals surface area contributed by atoms with Gasteiger partial charge in [0.05, 0.1) is 13.2 Å². The average molecular weight is 299 g/mol. The van der Waals surface area contributed by atoms with Crippen LogP contribution in [-0.4, -0.2) is 74.1 Å². The second-order valence-electron chi connectivity index (χ2n) is 5.41. The highest BCUT2D eigenvalue weighted by molar-refractivity contribution is 5.77. The number of amides is 2. The topological polar surface area (TPSA) is 61.9 Å². The fourth-order valence-corrected chi connectivity index (χ4v) is 2.28. The van der Waals surface area contributed by atoms with Crippen LogP contribution in [0.3, 0.4) is 0 Å². The Morgan fingerprint density at radius 1 is 1.24 bits per heavy atom. The summed E-state index contributed by atoms with van der Waals surface area (Å²) in [6, 6.07) is 0. The number of carbonyl (C=O) groups is 2. The van der Waals surface area contributed by atoms with E-state index in [0.29, 0.717) is 19.5 Å². The van der Waals surface area contributed by atoms with Gasteiger partial charge in [0, 0.05) is 52.6 Å². The molecule has 0 aromatic carbocycles. The summed E-state index contributed by atoms with van der Waals surface area (Å²) >= 11 is 0. The molecule has 122 valence electrons. The molecule has 1 aliphatic rings. The molecule has 1 aliphatic heterocycles. The summed E-state index contributed by atoms with van der Waals surface area (Å²) in [7, 11) is 0. The first kappa shape index (κ1) is 17.9. The first-order chi connectivity index (χ1) is 10.1. The fourth-order valence-electron chi connectivity index (χ4n) is 2.28. The van der Waals surface area contributed by atoms with Gasteiger partial charge in [-0.3, -0.25) is 14.5 Å². The Morgan fingerprint density at radius 3 is 2.57 bits per heavy atom. The minimum Gasteiger partial charge on any atom is -0.379 e. The molecule has 1 heterocycles. The van der Waals surface area contributed by atoms with E-state index < -0.39 is 0 Å². The molecule has 0 atom stereocenters. The van der Waals surface area contributed by atoms with Crippen LogP contribution in [0.1, 0.15) is 33.1 Å². The van der Waals surface area contributed by atoms with Gasteiger partial charge in [-0.25, -0.2) is 0 Å². The molecular weight excluding hydrogens is 270 g/mol. The molecule has 1 rings (SSSR count).